The Morgan fingerprint density at radius 1 is 1.08 bits per heavy atom. The summed E-state index contributed by atoms with van der Waals surface area (Å²) >= 11 is 0. The lowest BCUT2D eigenvalue weighted by molar-refractivity contribution is -0.122. The smallest absolute Gasteiger partial charge is 0.240 e. The molecule has 0 aliphatic carbocycles. The maximum atomic E-state index is 12.0. The third-order valence-corrected chi connectivity index (χ3v) is 3.10. The minimum atomic E-state index is -0.236. The number of rotatable bonds is 12. The molecule has 0 heterocycles. The van der Waals surface area contributed by atoms with E-state index in [2.05, 4.69) is 22.5 Å². The molecule has 0 radical (unpaired) electrons. The lowest BCUT2D eigenvalue weighted by atomic mass is 10.1. The van der Waals surface area contributed by atoms with Gasteiger partial charge in [-0.05, 0) is 34.1 Å². The van der Waals surface area contributed by atoms with Gasteiger partial charge >= 0.3 is 0 Å². The van der Waals surface area contributed by atoms with Crippen molar-refractivity contribution in [2.24, 2.45) is 4.99 Å². The average molecular weight is 359 g/mol. The van der Waals surface area contributed by atoms with Crippen molar-refractivity contribution in [2.75, 3.05) is 53.1 Å². The molecule has 148 valence electrons. The van der Waals surface area contributed by atoms with Gasteiger partial charge in [-0.15, -0.1) is 0 Å². The Balaban J connectivity index is 4.12. The van der Waals surface area contributed by atoms with Crippen molar-refractivity contribution in [3.05, 3.63) is 0 Å². The van der Waals surface area contributed by atoms with Gasteiger partial charge in [0.25, 0.3) is 0 Å². The number of amides is 1. The Bertz CT molecular complexity index is 381. The molecule has 7 heteroatoms. The molecule has 0 unspecified atom stereocenters. The number of carbonyl (C=O) groups excluding carboxylic acids is 1. The molecule has 7 nitrogen and oxygen atoms in total. The van der Waals surface area contributed by atoms with Crippen LogP contribution in [0.4, 0.5) is 0 Å². The van der Waals surface area contributed by atoms with Crippen molar-refractivity contribution in [3.63, 3.8) is 0 Å². The summed E-state index contributed by atoms with van der Waals surface area (Å²) in [6.45, 7) is 14.1. The summed E-state index contributed by atoms with van der Waals surface area (Å²) in [5.74, 6) is 0.676. The first-order chi connectivity index (χ1) is 11.8. The minimum absolute atomic E-state index is 0.0268. The topological polar surface area (TPSA) is 75.2 Å². The van der Waals surface area contributed by atoms with Crippen LogP contribution in [0.15, 0.2) is 4.99 Å². The number of ether oxygens (including phenoxy) is 2. The van der Waals surface area contributed by atoms with Crippen molar-refractivity contribution in [1.29, 1.82) is 0 Å². The molecule has 0 aliphatic heterocycles. The summed E-state index contributed by atoms with van der Waals surface area (Å²) in [7, 11) is 1.85. The Kier molecular flexibility index (Phi) is 13.2. The van der Waals surface area contributed by atoms with Crippen LogP contribution in [0.5, 0.6) is 0 Å². The van der Waals surface area contributed by atoms with Crippen molar-refractivity contribution >= 4 is 11.9 Å². The van der Waals surface area contributed by atoms with E-state index in [1.165, 1.54) is 0 Å². The van der Waals surface area contributed by atoms with Gasteiger partial charge in [0.2, 0.25) is 5.91 Å². The van der Waals surface area contributed by atoms with E-state index < -0.39 is 0 Å². The largest absolute Gasteiger partial charge is 0.379 e. The van der Waals surface area contributed by atoms with E-state index in [-0.39, 0.29) is 18.0 Å². The highest BCUT2D eigenvalue weighted by molar-refractivity contribution is 5.86. The number of aliphatic imine (C=N–C) groups is 1. The van der Waals surface area contributed by atoms with Crippen LogP contribution in [0, 0.1) is 0 Å². The third-order valence-electron chi connectivity index (χ3n) is 3.10. The van der Waals surface area contributed by atoms with Crippen LogP contribution in [0.3, 0.4) is 0 Å². The molecule has 0 bridgehead atoms. The quantitative estimate of drug-likeness (QED) is 0.315. The predicted octanol–water partition coefficient (Wildman–Crippen LogP) is 1.63. The van der Waals surface area contributed by atoms with Crippen molar-refractivity contribution < 1.29 is 14.3 Å². The molecule has 0 saturated heterocycles. The highest BCUT2D eigenvalue weighted by Gasteiger charge is 2.16. The van der Waals surface area contributed by atoms with E-state index in [9.17, 15) is 4.79 Å². The number of nitrogens with one attached hydrogen (secondary N) is 2. The Hall–Kier alpha value is -1.34. The molecular weight excluding hydrogens is 320 g/mol. The van der Waals surface area contributed by atoms with Gasteiger partial charge in [-0.1, -0.05) is 13.3 Å². The second-order valence-electron chi connectivity index (χ2n) is 6.97. The van der Waals surface area contributed by atoms with Gasteiger partial charge < -0.3 is 25.0 Å². The van der Waals surface area contributed by atoms with Crippen molar-refractivity contribution in [2.45, 2.75) is 53.0 Å². The van der Waals surface area contributed by atoms with Crippen LogP contribution in [0.25, 0.3) is 0 Å². The normalized spacial score (nSPS) is 12.2. The number of hydrogen-bond acceptors (Lipinski definition) is 4. The maximum Gasteiger partial charge on any atom is 0.240 e. The summed E-state index contributed by atoms with van der Waals surface area (Å²) in [4.78, 5) is 18.3. The summed E-state index contributed by atoms with van der Waals surface area (Å²) in [5.41, 5.74) is -0.236. The van der Waals surface area contributed by atoms with Crippen LogP contribution < -0.4 is 10.6 Å². The van der Waals surface area contributed by atoms with E-state index in [1.807, 2.05) is 39.6 Å². The molecule has 0 rings (SSSR count). The monoisotopic (exact) mass is 358 g/mol. The lowest BCUT2D eigenvalue weighted by Crippen LogP contribution is -2.48. The van der Waals surface area contributed by atoms with Crippen molar-refractivity contribution in [3.8, 4) is 0 Å². The van der Waals surface area contributed by atoms with E-state index in [4.69, 9.17) is 9.47 Å². The number of guanidine groups is 1. The third kappa shape index (κ3) is 14.7. The maximum absolute atomic E-state index is 12.0. The van der Waals surface area contributed by atoms with Gasteiger partial charge in [-0.25, -0.2) is 0 Å². The fraction of sp³-hybridized carbons (Fsp3) is 0.889. The van der Waals surface area contributed by atoms with Gasteiger partial charge in [0.1, 0.15) is 0 Å². The highest BCUT2D eigenvalue weighted by atomic mass is 16.5. The number of unbranched alkanes of at least 4 members (excludes halogenated alkanes) is 1. The molecule has 0 saturated carbocycles. The van der Waals surface area contributed by atoms with Gasteiger partial charge in [-0.2, -0.15) is 0 Å². The molecule has 0 aromatic heterocycles. The number of nitrogens with zero attached hydrogens (tertiary/aromatic N) is 2. The molecule has 0 aliphatic rings. The summed E-state index contributed by atoms with van der Waals surface area (Å²) < 4.78 is 10.9. The van der Waals surface area contributed by atoms with Gasteiger partial charge in [0, 0.05) is 25.7 Å². The zero-order valence-electron chi connectivity index (χ0n) is 17.0. The fourth-order valence-corrected chi connectivity index (χ4v) is 2.00. The van der Waals surface area contributed by atoms with Gasteiger partial charge in [0.05, 0.1) is 32.9 Å². The molecule has 0 fully saturated rings. The SMILES string of the molecule is CCCCOCCOCCN=C(NCC)N(C)CC(=O)NC(C)(C)C. The summed E-state index contributed by atoms with van der Waals surface area (Å²) in [6, 6.07) is 0. The first-order valence-electron chi connectivity index (χ1n) is 9.26. The van der Waals surface area contributed by atoms with Crippen LogP contribution >= 0.6 is 0 Å². The van der Waals surface area contributed by atoms with Crippen LogP contribution in [-0.2, 0) is 14.3 Å². The molecule has 25 heavy (non-hydrogen) atoms. The second kappa shape index (κ2) is 13.9. The first kappa shape index (κ1) is 23.7. The zero-order valence-corrected chi connectivity index (χ0v) is 17.0. The van der Waals surface area contributed by atoms with Crippen LogP contribution in [0.1, 0.15) is 47.5 Å². The molecule has 0 aromatic carbocycles. The number of hydrogen-bond donors (Lipinski definition) is 2. The molecule has 1 amide bonds. The fourth-order valence-electron chi connectivity index (χ4n) is 2.00. The van der Waals surface area contributed by atoms with Gasteiger partial charge in [0.15, 0.2) is 5.96 Å². The molecule has 2 N–H and O–H groups in total. The van der Waals surface area contributed by atoms with Crippen LogP contribution in [-0.4, -0.2) is 75.4 Å². The first-order valence-corrected chi connectivity index (χ1v) is 9.26. The van der Waals surface area contributed by atoms with E-state index >= 15 is 0 Å². The Labute approximate surface area is 153 Å². The van der Waals surface area contributed by atoms with Crippen LogP contribution in [0.2, 0.25) is 0 Å². The summed E-state index contributed by atoms with van der Waals surface area (Å²) in [5, 5.41) is 6.14. The van der Waals surface area contributed by atoms with E-state index in [1.54, 1.807) is 0 Å². The lowest BCUT2D eigenvalue weighted by Gasteiger charge is -2.25. The zero-order chi connectivity index (χ0) is 19.1. The number of likely N-dealkylation sites (N-methyl/N-ethyl adjacent to an activating group) is 1. The predicted molar refractivity (Wildman–Crippen MR) is 103 cm³/mol. The van der Waals surface area contributed by atoms with E-state index in [0.717, 1.165) is 26.0 Å². The average Bonchev–Trinajstić information content (AvgIpc) is 2.50. The standard InChI is InChI=1S/C18H38N4O3/c1-7-9-11-24-13-14-25-12-10-20-17(19-8-2)22(6)15-16(23)21-18(3,4)5/h7-15H2,1-6H3,(H,19,20)(H,21,23). The minimum Gasteiger partial charge on any atom is -0.379 e. The second-order valence-corrected chi connectivity index (χ2v) is 6.97. The molecular formula is C18H38N4O3. The van der Waals surface area contributed by atoms with Crippen molar-refractivity contribution in [1.82, 2.24) is 15.5 Å². The molecule has 0 aromatic rings. The molecule has 0 spiro atoms. The van der Waals surface area contributed by atoms with E-state index in [0.29, 0.717) is 32.3 Å². The highest BCUT2D eigenvalue weighted by Crippen LogP contribution is 1.98. The summed E-state index contributed by atoms with van der Waals surface area (Å²) in [6.07, 6.45) is 2.23. The van der Waals surface area contributed by atoms with Gasteiger partial charge in [-0.3, -0.25) is 9.79 Å². The molecule has 0 atom stereocenters. The number of carbonyl (C=O) groups is 1. The Morgan fingerprint density at radius 2 is 1.72 bits per heavy atom. The Morgan fingerprint density at radius 3 is 2.28 bits per heavy atom.